The lowest BCUT2D eigenvalue weighted by molar-refractivity contribution is -0.384. The minimum atomic E-state index is -0.558. The fourth-order valence-electron chi connectivity index (χ4n) is 3.29. The van der Waals surface area contributed by atoms with Gasteiger partial charge in [-0.3, -0.25) is 29.9 Å². The molecule has 0 bridgehead atoms. The quantitative estimate of drug-likeness (QED) is 0.188. The number of anilines is 1. The molecule has 2 amide bonds. The molecule has 1 fully saturated rings. The summed E-state index contributed by atoms with van der Waals surface area (Å²) in [5, 5.41) is 13.3. The molecule has 1 aliphatic rings. The first kappa shape index (κ1) is 22.8. The van der Waals surface area contributed by atoms with Crippen LogP contribution in [-0.2, 0) is 16.2 Å². The van der Waals surface area contributed by atoms with Crippen molar-refractivity contribution >= 4 is 46.6 Å². The van der Waals surface area contributed by atoms with Crippen molar-refractivity contribution < 1.29 is 19.2 Å². The molecule has 8 nitrogen and oxygen atoms in total. The van der Waals surface area contributed by atoms with Crippen molar-refractivity contribution in [1.29, 1.82) is 0 Å². The van der Waals surface area contributed by atoms with Crippen LogP contribution in [0.2, 0.25) is 0 Å². The molecule has 3 aromatic carbocycles. The molecule has 9 heteroatoms. The fourth-order valence-corrected chi connectivity index (χ4v) is 3.57. The highest BCUT2D eigenvalue weighted by Gasteiger charge is 2.34. The van der Waals surface area contributed by atoms with Crippen LogP contribution in [0.4, 0.5) is 11.4 Å². The summed E-state index contributed by atoms with van der Waals surface area (Å²) < 4.78 is 5.72. The number of carbonyl (C=O) groups is 2. The molecule has 1 aliphatic heterocycles. The molecule has 0 unspecified atom stereocenters. The van der Waals surface area contributed by atoms with Gasteiger partial charge in [0.15, 0.2) is 5.11 Å². The molecule has 0 radical (unpaired) electrons. The number of ether oxygens (including phenoxy) is 1. The van der Waals surface area contributed by atoms with Crippen molar-refractivity contribution in [3.63, 3.8) is 0 Å². The van der Waals surface area contributed by atoms with Crippen LogP contribution in [0.1, 0.15) is 16.7 Å². The fraction of sp³-hybridized carbons (Fsp3) is 0.0800. The van der Waals surface area contributed by atoms with Crippen LogP contribution >= 0.6 is 12.2 Å². The first-order valence-electron chi connectivity index (χ1n) is 10.3. The van der Waals surface area contributed by atoms with E-state index in [0.717, 1.165) is 11.1 Å². The van der Waals surface area contributed by atoms with Crippen molar-refractivity contribution in [2.45, 2.75) is 13.5 Å². The second-order valence-electron chi connectivity index (χ2n) is 7.57. The Balaban J connectivity index is 1.47. The first-order valence-corrected chi connectivity index (χ1v) is 10.7. The van der Waals surface area contributed by atoms with E-state index in [9.17, 15) is 19.7 Å². The number of non-ortho nitro benzene ring substituents is 1. The Morgan fingerprint density at radius 1 is 1.00 bits per heavy atom. The van der Waals surface area contributed by atoms with E-state index < -0.39 is 16.7 Å². The molecule has 0 aliphatic carbocycles. The topological polar surface area (TPSA) is 102 Å². The molecular weight excluding hydrogens is 454 g/mol. The molecule has 0 atom stereocenters. The number of aryl methyl sites for hydroxylation is 1. The highest BCUT2D eigenvalue weighted by molar-refractivity contribution is 7.80. The van der Waals surface area contributed by atoms with E-state index in [0.29, 0.717) is 17.0 Å². The molecule has 1 saturated heterocycles. The Hall–Kier alpha value is -4.37. The van der Waals surface area contributed by atoms with Crippen LogP contribution in [0.3, 0.4) is 0 Å². The van der Waals surface area contributed by atoms with Crippen LogP contribution in [0.5, 0.6) is 5.75 Å². The summed E-state index contributed by atoms with van der Waals surface area (Å²) in [4.78, 5) is 37.1. The number of rotatable bonds is 6. The van der Waals surface area contributed by atoms with Gasteiger partial charge in [0, 0.05) is 12.1 Å². The van der Waals surface area contributed by atoms with E-state index in [1.807, 2.05) is 19.1 Å². The molecule has 34 heavy (non-hydrogen) atoms. The standard InChI is InChI=1S/C25H19N3O5S/c1-16-2-8-19(9-3-16)27-24(30)22(23(29)26-25(27)34)14-17-6-12-21(13-7-17)33-15-18-4-10-20(11-5-18)28(31)32/h2-14H,15H2,1H3,(H,26,29,34)/b22-14+. The van der Waals surface area contributed by atoms with Gasteiger partial charge in [-0.2, -0.15) is 0 Å². The van der Waals surface area contributed by atoms with Crippen molar-refractivity contribution in [3.05, 3.63) is 105 Å². The molecule has 3 aromatic rings. The zero-order valence-corrected chi connectivity index (χ0v) is 18.9. The third-order valence-corrected chi connectivity index (χ3v) is 5.42. The van der Waals surface area contributed by atoms with Gasteiger partial charge >= 0.3 is 0 Å². The number of nitrogens with zero attached hydrogens (tertiary/aromatic N) is 2. The van der Waals surface area contributed by atoms with Gasteiger partial charge in [0.2, 0.25) is 0 Å². The van der Waals surface area contributed by atoms with Crippen LogP contribution in [-0.4, -0.2) is 21.9 Å². The zero-order chi connectivity index (χ0) is 24.2. The lowest BCUT2D eigenvalue weighted by Crippen LogP contribution is -2.54. The molecule has 4 rings (SSSR count). The van der Waals surface area contributed by atoms with Crippen LogP contribution in [0.15, 0.2) is 78.4 Å². The molecule has 170 valence electrons. The van der Waals surface area contributed by atoms with Crippen molar-refractivity contribution in [3.8, 4) is 5.75 Å². The van der Waals surface area contributed by atoms with Gasteiger partial charge < -0.3 is 4.74 Å². The summed E-state index contributed by atoms with van der Waals surface area (Å²) in [6.07, 6.45) is 1.50. The summed E-state index contributed by atoms with van der Waals surface area (Å²) in [5.74, 6) is -0.490. The molecule has 0 aromatic heterocycles. The third kappa shape index (κ3) is 5.00. The number of hydrogen-bond donors (Lipinski definition) is 1. The van der Waals surface area contributed by atoms with Gasteiger partial charge in [0.1, 0.15) is 17.9 Å². The zero-order valence-electron chi connectivity index (χ0n) is 18.1. The van der Waals surface area contributed by atoms with Crippen LogP contribution < -0.4 is 15.0 Å². The van der Waals surface area contributed by atoms with Crippen molar-refractivity contribution in [1.82, 2.24) is 5.32 Å². The Morgan fingerprint density at radius 3 is 2.26 bits per heavy atom. The predicted molar refractivity (Wildman–Crippen MR) is 131 cm³/mol. The van der Waals surface area contributed by atoms with E-state index >= 15 is 0 Å². The lowest BCUT2D eigenvalue weighted by atomic mass is 10.1. The second kappa shape index (κ2) is 9.63. The van der Waals surface area contributed by atoms with E-state index in [1.165, 1.54) is 23.1 Å². The molecule has 0 saturated carbocycles. The Morgan fingerprint density at radius 2 is 1.65 bits per heavy atom. The van der Waals surface area contributed by atoms with E-state index in [1.54, 1.807) is 48.5 Å². The number of carbonyl (C=O) groups excluding carboxylic acids is 2. The minimum Gasteiger partial charge on any atom is -0.489 e. The monoisotopic (exact) mass is 473 g/mol. The van der Waals surface area contributed by atoms with Gasteiger partial charge in [-0.1, -0.05) is 29.8 Å². The number of nitro groups is 1. The number of nitrogens with one attached hydrogen (secondary N) is 1. The number of hydrogen-bond acceptors (Lipinski definition) is 6. The Bertz CT molecular complexity index is 1300. The predicted octanol–water partition coefficient (Wildman–Crippen LogP) is 4.31. The SMILES string of the molecule is Cc1ccc(N2C(=O)/C(=C/c3ccc(OCc4ccc([N+](=O)[O-])cc4)cc3)C(=O)NC2=S)cc1. The maximum Gasteiger partial charge on any atom is 0.270 e. The molecule has 0 spiro atoms. The molecule has 1 heterocycles. The number of amides is 2. The van der Waals surface area contributed by atoms with Crippen LogP contribution in [0, 0.1) is 17.0 Å². The summed E-state index contributed by atoms with van der Waals surface area (Å²) in [5.41, 5.74) is 3.01. The smallest absolute Gasteiger partial charge is 0.270 e. The van der Waals surface area contributed by atoms with Crippen molar-refractivity contribution in [2.75, 3.05) is 4.90 Å². The molecule has 1 N–H and O–H groups in total. The number of thiocarbonyl (C=S) groups is 1. The average molecular weight is 474 g/mol. The first-order chi connectivity index (χ1) is 16.3. The largest absolute Gasteiger partial charge is 0.489 e. The maximum atomic E-state index is 13.1. The van der Waals surface area contributed by atoms with E-state index in [2.05, 4.69) is 5.32 Å². The van der Waals surface area contributed by atoms with Gasteiger partial charge in [0.25, 0.3) is 17.5 Å². The van der Waals surface area contributed by atoms with E-state index in [-0.39, 0.29) is 23.0 Å². The highest BCUT2D eigenvalue weighted by atomic mass is 32.1. The minimum absolute atomic E-state index is 0.0177. The third-order valence-electron chi connectivity index (χ3n) is 5.14. The Kier molecular flexibility index (Phi) is 6.46. The van der Waals surface area contributed by atoms with E-state index in [4.69, 9.17) is 17.0 Å². The average Bonchev–Trinajstić information content (AvgIpc) is 2.82. The lowest BCUT2D eigenvalue weighted by Gasteiger charge is -2.29. The number of nitro benzene ring substituents is 1. The summed E-state index contributed by atoms with van der Waals surface area (Å²) in [7, 11) is 0. The number of benzene rings is 3. The van der Waals surface area contributed by atoms with Crippen LogP contribution in [0.25, 0.3) is 6.08 Å². The highest BCUT2D eigenvalue weighted by Crippen LogP contribution is 2.23. The van der Waals surface area contributed by atoms with Gasteiger partial charge in [-0.15, -0.1) is 0 Å². The summed E-state index contributed by atoms with van der Waals surface area (Å²) in [6.45, 7) is 2.18. The summed E-state index contributed by atoms with van der Waals surface area (Å²) >= 11 is 5.22. The maximum absolute atomic E-state index is 13.1. The molecular formula is C25H19N3O5S. The van der Waals surface area contributed by atoms with Crippen molar-refractivity contribution in [2.24, 2.45) is 0 Å². The van der Waals surface area contributed by atoms with Gasteiger partial charge in [0.05, 0.1) is 10.6 Å². The normalized spacial score (nSPS) is 14.8. The Labute approximate surface area is 200 Å². The van der Waals surface area contributed by atoms with Gasteiger partial charge in [-0.05, 0) is 72.7 Å². The second-order valence-corrected chi connectivity index (χ2v) is 7.96. The van der Waals surface area contributed by atoms with Gasteiger partial charge in [-0.25, -0.2) is 0 Å². The summed E-state index contributed by atoms with van der Waals surface area (Å²) in [6, 6.07) is 20.2.